The molecule has 54 valence electrons. The first-order chi connectivity index (χ1) is 4.13. The normalized spacial score (nSPS) is 34.0. The van der Waals surface area contributed by atoms with E-state index >= 15 is 0 Å². The highest BCUT2D eigenvalue weighted by Gasteiger charge is 2.29. The van der Waals surface area contributed by atoms with Crippen molar-refractivity contribution in [2.75, 3.05) is 0 Å². The first-order valence-electron chi connectivity index (χ1n) is 1.50. The van der Waals surface area contributed by atoms with Crippen LogP contribution in [0.1, 0.15) is 0 Å². The lowest BCUT2D eigenvalue weighted by molar-refractivity contribution is 0.524. The summed E-state index contributed by atoms with van der Waals surface area (Å²) in [5.41, 5.74) is 0. The summed E-state index contributed by atoms with van der Waals surface area (Å²) >= 11 is 1.14. The molecule has 1 aliphatic rings. The average Bonchev–Trinajstić information content (AvgIpc) is 1.77. The van der Waals surface area contributed by atoms with Gasteiger partial charge >= 0.3 is 19.3 Å². The van der Waals surface area contributed by atoms with E-state index in [9.17, 15) is 12.6 Å². The van der Waals surface area contributed by atoms with E-state index in [1.165, 1.54) is 0 Å². The molecular weight excluding hydrogens is 208 g/mol. The van der Waals surface area contributed by atoms with E-state index < -0.39 is 19.3 Å². The maximum atomic E-state index is 10.3. The Morgan fingerprint density at radius 3 is 2.33 bits per heavy atom. The first kappa shape index (κ1) is 7.82. The summed E-state index contributed by atoms with van der Waals surface area (Å²) in [5.74, 6) is 0. The van der Waals surface area contributed by atoms with Crippen LogP contribution < -0.4 is 0 Å². The Bertz CT molecular complexity index is 211. The fourth-order valence-corrected chi connectivity index (χ4v) is 4.90. The van der Waals surface area contributed by atoms with Gasteiger partial charge in [0, 0.05) is 0 Å². The molecule has 1 fully saturated rings. The monoisotopic (exact) mass is 208 g/mol. The van der Waals surface area contributed by atoms with Gasteiger partial charge < -0.3 is 0 Å². The Morgan fingerprint density at radius 2 is 2.00 bits per heavy atom. The molecule has 1 aliphatic heterocycles. The number of hydrogen-bond donors (Lipinski definition) is 0. The zero-order valence-corrected chi connectivity index (χ0v) is 6.94. The van der Waals surface area contributed by atoms with Crippen LogP contribution >= 0.6 is 22.1 Å². The minimum absolute atomic E-state index is 0.519. The minimum Gasteiger partial charge on any atom is -0.209 e. The van der Waals surface area contributed by atoms with Crippen LogP contribution in [-0.4, -0.2) is 12.6 Å². The molecule has 0 aliphatic carbocycles. The van der Waals surface area contributed by atoms with Gasteiger partial charge in [0.25, 0.3) is 0 Å². The van der Waals surface area contributed by atoms with E-state index in [1.54, 1.807) is 0 Å². The molecule has 9 heteroatoms. The molecule has 5 nitrogen and oxygen atoms in total. The number of rotatable bonds is 0. The maximum Gasteiger partial charge on any atom is 0.388 e. The van der Waals surface area contributed by atoms with Crippen LogP contribution in [0.25, 0.3) is 0 Å². The fraction of sp³-hybridized carbons (Fsp3) is 0. The predicted octanol–water partition coefficient (Wildman–Crippen LogP) is 0.153. The van der Waals surface area contributed by atoms with Crippen molar-refractivity contribution in [2.24, 2.45) is 0 Å². The maximum absolute atomic E-state index is 10.3. The summed E-state index contributed by atoms with van der Waals surface area (Å²) < 4.78 is 39.0. The van der Waals surface area contributed by atoms with E-state index in [0.29, 0.717) is 22.1 Å². The summed E-state index contributed by atoms with van der Waals surface area (Å²) in [4.78, 5) is 0. The van der Waals surface area contributed by atoms with E-state index in [-0.39, 0.29) is 0 Å². The minimum atomic E-state index is -3.97. The highest BCUT2D eigenvalue weighted by Crippen LogP contribution is 2.34. The van der Waals surface area contributed by atoms with Gasteiger partial charge in [-0.2, -0.15) is 15.7 Å². The van der Waals surface area contributed by atoms with Crippen molar-refractivity contribution in [3.63, 3.8) is 0 Å². The molecule has 1 heterocycles. The van der Waals surface area contributed by atoms with Crippen LogP contribution in [0.2, 0.25) is 0 Å². The van der Waals surface area contributed by atoms with Crippen molar-refractivity contribution in [2.45, 2.75) is 0 Å². The van der Waals surface area contributed by atoms with E-state index in [4.69, 9.17) is 0 Å². The average molecular weight is 208 g/mol. The van der Waals surface area contributed by atoms with Crippen molar-refractivity contribution in [1.82, 2.24) is 0 Å². The molecule has 0 spiro atoms. The van der Waals surface area contributed by atoms with Gasteiger partial charge in [0.1, 0.15) is 22.1 Å². The standard InChI is InChI=1S/O5S4/c1-8-4-6-7-5-9(8,2)3. The van der Waals surface area contributed by atoms with Crippen molar-refractivity contribution in [1.29, 1.82) is 0 Å². The highest BCUT2D eigenvalue weighted by molar-refractivity contribution is 8.80. The van der Waals surface area contributed by atoms with E-state index in [1.807, 2.05) is 0 Å². The third-order valence-electron chi connectivity index (χ3n) is 0.389. The zero-order chi connectivity index (χ0) is 6.91. The molecule has 0 aromatic heterocycles. The third kappa shape index (κ3) is 1.82. The molecule has 1 unspecified atom stereocenters. The van der Waals surface area contributed by atoms with Crippen molar-refractivity contribution >= 4 is 41.4 Å². The first-order valence-corrected chi connectivity index (χ1v) is 6.50. The second-order valence-corrected chi connectivity index (χ2v) is 6.33. The summed E-state index contributed by atoms with van der Waals surface area (Å²) in [7, 11) is -6.33. The third-order valence-corrected chi connectivity index (χ3v) is 5.50. The zero-order valence-electron chi connectivity index (χ0n) is 3.67. The van der Waals surface area contributed by atoms with E-state index in [2.05, 4.69) is 7.26 Å². The van der Waals surface area contributed by atoms with Gasteiger partial charge in [-0.3, -0.25) is 0 Å². The molecule has 1 saturated heterocycles. The van der Waals surface area contributed by atoms with Crippen LogP contribution in [-0.2, 0) is 26.5 Å². The smallest absolute Gasteiger partial charge is 0.209 e. The SMILES string of the molecule is O=S1OSSOS1(=O)=O. The largest absolute Gasteiger partial charge is 0.388 e. The number of hydrogen-bond acceptors (Lipinski definition) is 7. The highest BCUT2D eigenvalue weighted by atomic mass is 33.2. The second-order valence-electron chi connectivity index (χ2n) is 0.885. The van der Waals surface area contributed by atoms with Gasteiger partial charge in [-0.1, -0.05) is 0 Å². The summed E-state index contributed by atoms with van der Waals surface area (Å²) in [6.45, 7) is 0. The Morgan fingerprint density at radius 1 is 1.33 bits per heavy atom. The molecular formula is O5S4. The van der Waals surface area contributed by atoms with Crippen LogP contribution in [0.15, 0.2) is 0 Å². The molecule has 1 atom stereocenters. The Balaban J connectivity index is 2.85. The van der Waals surface area contributed by atoms with Crippen molar-refractivity contribution in [3.05, 3.63) is 0 Å². The van der Waals surface area contributed by atoms with Gasteiger partial charge in [-0.05, 0) is 0 Å². The summed E-state index contributed by atoms with van der Waals surface area (Å²) in [5, 5.41) is 0. The van der Waals surface area contributed by atoms with Crippen LogP contribution in [0.3, 0.4) is 0 Å². The van der Waals surface area contributed by atoms with Crippen LogP contribution in [0.4, 0.5) is 0 Å². The van der Waals surface area contributed by atoms with Gasteiger partial charge in [0.15, 0.2) is 0 Å². The predicted molar refractivity (Wildman–Crippen MR) is 34.4 cm³/mol. The summed E-state index contributed by atoms with van der Waals surface area (Å²) in [6.07, 6.45) is 0. The van der Waals surface area contributed by atoms with Gasteiger partial charge in [-0.15, -0.1) is 0 Å². The molecule has 0 aromatic rings. The summed E-state index contributed by atoms with van der Waals surface area (Å²) in [6, 6.07) is 0. The second kappa shape index (κ2) is 2.76. The lowest BCUT2D eigenvalue weighted by atomic mass is 15.8. The Kier molecular flexibility index (Phi) is 2.40. The van der Waals surface area contributed by atoms with Gasteiger partial charge in [0.05, 0.1) is 0 Å². The molecule has 0 N–H and O–H groups in total. The topological polar surface area (TPSA) is 69.7 Å². The quantitative estimate of drug-likeness (QED) is 0.414. The molecule has 0 saturated carbocycles. The fourth-order valence-electron chi connectivity index (χ4n) is 0.136. The Hall–Kier alpha value is 0.720. The lowest BCUT2D eigenvalue weighted by Crippen LogP contribution is -2.11. The molecule has 1 rings (SSSR count). The van der Waals surface area contributed by atoms with Crippen LogP contribution in [0.5, 0.6) is 0 Å². The van der Waals surface area contributed by atoms with Gasteiger partial charge in [-0.25, -0.2) is 4.21 Å². The molecule has 0 aromatic carbocycles. The van der Waals surface area contributed by atoms with E-state index in [0.717, 1.165) is 0 Å². The molecule has 0 amide bonds. The van der Waals surface area contributed by atoms with Crippen molar-refractivity contribution in [3.8, 4) is 0 Å². The van der Waals surface area contributed by atoms with Crippen LogP contribution in [0, 0.1) is 0 Å². The van der Waals surface area contributed by atoms with Crippen molar-refractivity contribution < 1.29 is 19.9 Å². The van der Waals surface area contributed by atoms with Gasteiger partial charge in [0.2, 0.25) is 0 Å². The molecule has 0 radical (unpaired) electrons. The molecule has 9 heavy (non-hydrogen) atoms. The Labute approximate surface area is 61.5 Å². The lowest BCUT2D eigenvalue weighted by Gasteiger charge is -2.05. The molecule has 0 bridgehead atoms.